The van der Waals surface area contributed by atoms with Crippen LogP contribution in [0.2, 0.25) is 0 Å². The molecule has 0 aliphatic carbocycles. The van der Waals surface area contributed by atoms with Gasteiger partial charge in [0.15, 0.2) is 24.4 Å². The quantitative estimate of drug-likeness (QED) is 0.0580. The molecule has 10 atom stereocenters. The molecule has 22 heteroatoms. The summed E-state index contributed by atoms with van der Waals surface area (Å²) in [4.78, 5) is 99.7. The van der Waals surface area contributed by atoms with Crippen molar-refractivity contribution in [2.75, 3.05) is 13.2 Å². The molecule has 2 aliphatic heterocycles. The molecule has 424 valence electrons. The number of hydrogen-bond acceptors (Lipinski definition) is 22. The van der Waals surface area contributed by atoms with Gasteiger partial charge < -0.3 is 66.3 Å². The van der Waals surface area contributed by atoms with E-state index in [1.165, 1.54) is 0 Å². The smallest absolute Gasteiger partial charge is 0.303 e. The summed E-state index contributed by atoms with van der Waals surface area (Å²) in [5.74, 6) is -5.21. The molecule has 0 saturated carbocycles. The zero-order chi connectivity index (χ0) is 57.2. The number of aryl methyl sites for hydroxylation is 2. The van der Waals surface area contributed by atoms with Crippen LogP contribution in [0.15, 0.2) is 97.1 Å². The fourth-order valence-corrected chi connectivity index (χ4v) is 8.65. The van der Waals surface area contributed by atoms with Crippen LogP contribution in [0.3, 0.4) is 0 Å². The lowest BCUT2D eigenvalue weighted by Crippen LogP contribution is -2.63. The molecule has 2 unspecified atom stereocenters. The third-order valence-corrected chi connectivity index (χ3v) is 11.8. The fourth-order valence-electron chi connectivity index (χ4n) is 8.65. The van der Waals surface area contributed by atoms with Crippen molar-refractivity contribution in [3.8, 4) is 23.0 Å². The molecule has 4 aromatic carbocycles. The number of esters is 8. The van der Waals surface area contributed by atoms with E-state index < -0.39 is 122 Å². The van der Waals surface area contributed by atoms with Crippen LogP contribution < -0.4 is 18.9 Å². The van der Waals surface area contributed by atoms with E-state index in [1.54, 1.807) is 36.4 Å². The second-order valence-corrected chi connectivity index (χ2v) is 18.3. The van der Waals surface area contributed by atoms with Crippen molar-refractivity contribution >= 4 is 47.8 Å². The first-order valence-electron chi connectivity index (χ1n) is 25.3. The molecule has 2 saturated heterocycles. The van der Waals surface area contributed by atoms with Crippen LogP contribution in [0, 0.1) is 0 Å². The number of carbonyl (C=O) groups excluding carboxylic acids is 8. The van der Waals surface area contributed by atoms with E-state index >= 15 is 0 Å². The Morgan fingerprint density at radius 3 is 1.05 bits per heavy atom. The minimum absolute atomic E-state index is 0.171. The van der Waals surface area contributed by atoms with Crippen molar-refractivity contribution < 1.29 is 105 Å². The SMILES string of the molecule is CC(=O)OC[C@H]1OC(Oc2cc(OCc3ccccc3)ccc2CCCc2ccc(OCc3ccccc3)cc2OC2O[C@H](COC(C)=O)[C@@H](OC(C)=O)[C@H](OC(C)=O)[C@H]2OC(C)=O)[C@H](OC(C)=O)[C@@H](OC(C)=O)[C@@H]1OC(C)=O. The van der Waals surface area contributed by atoms with E-state index in [2.05, 4.69) is 0 Å². The van der Waals surface area contributed by atoms with Crippen molar-refractivity contribution in [2.45, 2.75) is 149 Å². The van der Waals surface area contributed by atoms with Gasteiger partial charge in [-0.2, -0.15) is 0 Å². The monoisotopic (exact) mass is 1100 g/mol. The summed E-state index contributed by atoms with van der Waals surface area (Å²) in [6.07, 6.45) is -13.8. The molecule has 79 heavy (non-hydrogen) atoms. The van der Waals surface area contributed by atoms with Gasteiger partial charge in [0.1, 0.15) is 61.6 Å². The summed E-state index contributed by atoms with van der Waals surface area (Å²) >= 11 is 0. The Labute approximate surface area is 456 Å². The van der Waals surface area contributed by atoms with E-state index in [1.807, 2.05) is 60.7 Å². The molecule has 22 nitrogen and oxygen atoms in total. The van der Waals surface area contributed by atoms with E-state index in [0.717, 1.165) is 66.5 Å². The number of hydrogen-bond donors (Lipinski definition) is 0. The first-order valence-corrected chi connectivity index (χ1v) is 25.3. The van der Waals surface area contributed by atoms with Crippen molar-refractivity contribution in [1.82, 2.24) is 0 Å². The molecule has 0 radical (unpaired) electrons. The Hall–Kier alpha value is -8.24. The largest absolute Gasteiger partial charge is 0.489 e. The lowest BCUT2D eigenvalue weighted by Gasteiger charge is -2.44. The van der Waals surface area contributed by atoms with Gasteiger partial charge in [0, 0.05) is 67.5 Å². The third kappa shape index (κ3) is 18.4. The predicted octanol–water partition coefficient (Wildman–Crippen LogP) is 5.94. The maximum atomic E-state index is 12.7. The Balaban J connectivity index is 1.37. The Morgan fingerprint density at radius 2 is 0.722 bits per heavy atom. The molecular weight excluding hydrogens is 1040 g/mol. The summed E-state index contributed by atoms with van der Waals surface area (Å²) in [5, 5.41) is 0. The molecule has 0 bridgehead atoms. The van der Waals surface area contributed by atoms with E-state index in [9.17, 15) is 38.4 Å². The maximum absolute atomic E-state index is 12.7. The van der Waals surface area contributed by atoms with E-state index in [-0.39, 0.29) is 37.6 Å². The molecule has 0 aromatic heterocycles. The van der Waals surface area contributed by atoms with Crippen molar-refractivity contribution in [2.24, 2.45) is 0 Å². The molecule has 0 spiro atoms. The Kier molecular flexibility index (Phi) is 22.0. The van der Waals surface area contributed by atoms with Gasteiger partial charge in [-0.1, -0.05) is 72.8 Å². The number of ether oxygens (including phenoxy) is 14. The minimum atomic E-state index is -1.58. The van der Waals surface area contributed by atoms with Crippen LogP contribution in [-0.2, 0) is 112 Å². The molecule has 2 aliphatic rings. The van der Waals surface area contributed by atoms with Crippen LogP contribution in [0.5, 0.6) is 23.0 Å². The van der Waals surface area contributed by atoms with E-state index in [4.69, 9.17) is 66.3 Å². The summed E-state index contributed by atoms with van der Waals surface area (Å²) in [7, 11) is 0. The second-order valence-electron chi connectivity index (χ2n) is 18.3. The van der Waals surface area contributed by atoms with Crippen LogP contribution in [0.25, 0.3) is 0 Å². The van der Waals surface area contributed by atoms with Crippen molar-refractivity contribution in [3.05, 3.63) is 119 Å². The Bertz CT molecular complexity index is 2560. The zero-order valence-corrected chi connectivity index (χ0v) is 44.9. The van der Waals surface area contributed by atoms with Gasteiger partial charge in [-0.05, 0) is 53.6 Å². The van der Waals surface area contributed by atoms with Crippen molar-refractivity contribution in [3.63, 3.8) is 0 Å². The van der Waals surface area contributed by atoms with Crippen LogP contribution in [0.4, 0.5) is 0 Å². The Morgan fingerprint density at radius 1 is 0.392 bits per heavy atom. The van der Waals surface area contributed by atoms with Gasteiger partial charge in [-0.15, -0.1) is 0 Å². The number of carbonyl (C=O) groups is 8. The summed E-state index contributed by atoms with van der Waals surface area (Å²) in [5.41, 5.74) is 2.88. The molecule has 2 fully saturated rings. The average molecular weight is 1100 g/mol. The number of rotatable bonds is 24. The molecule has 0 N–H and O–H groups in total. The summed E-state index contributed by atoms with van der Waals surface area (Å²) in [6.45, 7) is 8.39. The normalized spacial score (nSPS) is 22.3. The predicted molar refractivity (Wildman–Crippen MR) is 272 cm³/mol. The highest BCUT2D eigenvalue weighted by Gasteiger charge is 2.55. The highest BCUT2D eigenvalue weighted by Crippen LogP contribution is 2.37. The zero-order valence-electron chi connectivity index (χ0n) is 44.9. The minimum Gasteiger partial charge on any atom is -0.489 e. The first-order chi connectivity index (χ1) is 37.7. The number of benzene rings is 4. The molecule has 2 heterocycles. The third-order valence-electron chi connectivity index (χ3n) is 11.8. The highest BCUT2D eigenvalue weighted by molar-refractivity contribution is 5.70. The highest BCUT2D eigenvalue weighted by atomic mass is 16.7. The molecule has 4 aromatic rings. The molecular formula is C57H64O22. The van der Waals surface area contributed by atoms with Gasteiger partial charge in [0.05, 0.1) is 0 Å². The van der Waals surface area contributed by atoms with Crippen molar-refractivity contribution in [1.29, 1.82) is 0 Å². The van der Waals surface area contributed by atoms with Crippen LogP contribution >= 0.6 is 0 Å². The summed E-state index contributed by atoms with van der Waals surface area (Å²) < 4.78 is 82.6. The van der Waals surface area contributed by atoms with Crippen LogP contribution in [0.1, 0.15) is 84.1 Å². The van der Waals surface area contributed by atoms with Gasteiger partial charge in [0.25, 0.3) is 0 Å². The summed E-state index contributed by atoms with van der Waals surface area (Å²) in [6, 6.07) is 29.0. The van der Waals surface area contributed by atoms with E-state index in [0.29, 0.717) is 29.0 Å². The second kappa shape index (κ2) is 28.9. The molecule has 6 rings (SSSR count). The van der Waals surface area contributed by atoms with Gasteiger partial charge in [-0.3, -0.25) is 38.4 Å². The first kappa shape index (κ1) is 60.0. The lowest BCUT2D eigenvalue weighted by molar-refractivity contribution is -0.288. The van der Waals surface area contributed by atoms with Gasteiger partial charge in [-0.25, -0.2) is 0 Å². The lowest BCUT2D eigenvalue weighted by atomic mass is 9.97. The topological polar surface area (TPSA) is 266 Å². The van der Waals surface area contributed by atoms with Gasteiger partial charge in [0.2, 0.25) is 24.8 Å². The standard InChI is InChI=1S/C57H64O22/c1-32(58)66-30-48-50(70-34(3)60)52(72-36(5)62)54(74-38(7)64)56(78-48)76-46-26-44(68-28-40-16-11-9-12-17-40)24-22-42(46)20-15-21-43-23-25-45(69-29-41-18-13-10-14-19-41)27-47(43)77-57-55(75-39(8)65)53(73-37(6)63)51(71-35(4)61)49(79-57)31-67-33(2)59/h9-14,16-19,22-27,48-57H,15,20-21,28-31H2,1-8H3/t48-,49-,50-,51-,52+,53+,54-,55-,56?,57?/m1/s1. The van der Waals surface area contributed by atoms with Gasteiger partial charge >= 0.3 is 47.8 Å². The average Bonchev–Trinajstić information content (AvgIpc) is 3.57. The van der Waals surface area contributed by atoms with Crippen LogP contribution in [-0.4, -0.2) is 122 Å². The molecule has 0 amide bonds. The fraction of sp³-hybridized carbons (Fsp3) is 0.439. The maximum Gasteiger partial charge on any atom is 0.303 e.